The fraction of sp³-hybridized carbons (Fsp3) is 0. The molecule has 4 aromatic rings. The third-order valence-electron chi connectivity index (χ3n) is 3.66. The van der Waals surface area contributed by atoms with Gasteiger partial charge in [0, 0.05) is 17.7 Å². The third kappa shape index (κ3) is 2.84. The summed E-state index contributed by atoms with van der Waals surface area (Å²) in [6.45, 7) is 0. The Balaban J connectivity index is 1.78. The lowest BCUT2D eigenvalue weighted by atomic mass is 10.2. The van der Waals surface area contributed by atoms with Crippen molar-refractivity contribution in [3.05, 3.63) is 84.9 Å². The van der Waals surface area contributed by atoms with Crippen LogP contribution in [0.5, 0.6) is 0 Å². The van der Waals surface area contributed by atoms with Crippen LogP contribution in [0.4, 0.5) is 10.1 Å². The lowest BCUT2D eigenvalue weighted by Gasteiger charge is -1.93. The van der Waals surface area contributed by atoms with Crippen molar-refractivity contribution in [3.8, 4) is 11.4 Å². The highest BCUT2D eigenvalue weighted by Gasteiger charge is 2.12. The van der Waals surface area contributed by atoms with Crippen molar-refractivity contribution in [1.82, 2.24) is 14.6 Å². The van der Waals surface area contributed by atoms with Gasteiger partial charge in [0.05, 0.1) is 9.46 Å². The maximum Gasteiger partial charge on any atom is 0.291 e. The van der Waals surface area contributed by atoms with Gasteiger partial charge in [-0.3, -0.25) is 14.9 Å². The molecule has 128 valence electrons. The minimum absolute atomic E-state index is 0.0516. The average molecular weight is 368 g/mol. The van der Waals surface area contributed by atoms with E-state index in [1.54, 1.807) is 18.2 Å². The van der Waals surface area contributed by atoms with E-state index < -0.39 is 4.92 Å². The Morgan fingerprint density at radius 1 is 1.19 bits per heavy atom. The molecule has 0 saturated carbocycles. The van der Waals surface area contributed by atoms with Gasteiger partial charge in [-0.2, -0.15) is 9.50 Å². The molecule has 0 atom stereocenters. The van der Waals surface area contributed by atoms with Crippen molar-refractivity contribution in [1.29, 1.82) is 0 Å². The molecule has 0 saturated heterocycles. The van der Waals surface area contributed by atoms with Crippen LogP contribution in [0.2, 0.25) is 0 Å². The molecule has 0 unspecified atom stereocenters. The zero-order valence-corrected chi connectivity index (χ0v) is 13.8. The summed E-state index contributed by atoms with van der Waals surface area (Å²) in [7, 11) is 0. The van der Waals surface area contributed by atoms with Gasteiger partial charge in [-0.1, -0.05) is 23.5 Å². The Morgan fingerprint density at radius 3 is 2.65 bits per heavy atom. The minimum atomic E-state index is -0.493. The Bertz CT molecular complexity index is 1250. The SMILES string of the molecule is O=c1/c(=C/c2cccc([N+](=O)[O-])c2)sc2nc(-c3ccc(F)cc3)nn12. The highest BCUT2D eigenvalue weighted by atomic mass is 32.1. The van der Waals surface area contributed by atoms with Gasteiger partial charge >= 0.3 is 0 Å². The van der Waals surface area contributed by atoms with E-state index in [-0.39, 0.29) is 17.1 Å². The standard InChI is InChI=1S/C17H9FN4O3S/c18-12-6-4-11(5-7-12)15-19-17-21(20-15)16(23)14(26-17)9-10-2-1-3-13(8-10)22(24)25/h1-9H/b14-9-. The first-order chi connectivity index (χ1) is 12.5. The van der Waals surface area contributed by atoms with Gasteiger partial charge in [0.1, 0.15) is 5.82 Å². The molecule has 0 fully saturated rings. The number of aromatic nitrogens is 3. The van der Waals surface area contributed by atoms with Crippen LogP contribution < -0.4 is 10.1 Å². The molecule has 2 heterocycles. The number of nitro benzene ring substituents is 1. The molecule has 4 rings (SSSR count). The van der Waals surface area contributed by atoms with Crippen LogP contribution in [0.1, 0.15) is 5.56 Å². The molecule has 0 aliphatic carbocycles. The van der Waals surface area contributed by atoms with E-state index in [0.717, 1.165) is 11.3 Å². The first kappa shape index (κ1) is 16.0. The third-order valence-corrected chi connectivity index (χ3v) is 4.62. The van der Waals surface area contributed by atoms with Crippen molar-refractivity contribution in [2.45, 2.75) is 0 Å². The first-order valence-corrected chi connectivity index (χ1v) is 8.24. The van der Waals surface area contributed by atoms with Crippen molar-refractivity contribution < 1.29 is 9.31 Å². The van der Waals surface area contributed by atoms with Crippen molar-refractivity contribution in [2.75, 3.05) is 0 Å². The highest BCUT2D eigenvalue weighted by Crippen LogP contribution is 2.17. The number of nitrogens with zero attached hydrogens (tertiary/aromatic N) is 4. The molecule has 26 heavy (non-hydrogen) atoms. The Labute approximate surface area is 148 Å². The quantitative estimate of drug-likeness (QED) is 0.409. The zero-order valence-electron chi connectivity index (χ0n) is 13.0. The number of thiazole rings is 1. The molecular weight excluding hydrogens is 359 g/mol. The van der Waals surface area contributed by atoms with Crippen molar-refractivity contribution in [2.24, 2.45) is 0 Å². The molecule has 2 aromatic carbocycles. The summed E-state index contributed by atoms with van der Waals surface area (Å²) in [5.41, 5.74) is 0.729. The van der Waals surface area contributed by atoms with Crippen molar-refractivity contribution >= 4 is 28.1 Å². The molecule has 0 radical (unpaired) electrons. The van der Waals surface area contributed by atoms with Gasteiger partial charge in [-0.15, -0.1) is 5.10 Å². The zero-order chi connectivity index (χ0) is 18.3. The summed E-state index contributed by atoms with van der Waals surface area (Å²) in [4.78, 5) is 27.5. The predicted octanol–water partition coefficient (Wildman–Crippen LogP) is 2.41. The summed E-state index contributed by atoms with van der Waals surface area (Å²) >= 11 is 1.13. The second kappa shape index (κ2) is 6.12. The van der Waals surface area contributed by atoms with Gasteiger partial charge in [-0.25, -0.2) is 4.39 Å². The van der Waals surface area contributed by atoms with E-state index in [2.05, 4.69) is 10.1 Å². The molecule has 7 nitrogen and oxygen atoms in total. The van der Waals surface area contributed by atoms with Crippen molar-refractivity contribution in [3.63, 3.8) is 0 Å². The van der Waals surface area contributed by atoms with Gasteiger partial charge in [0.15, 0.2) is 5.82 Å². The van der Waals surface area contributed by atoms with E-state index in [0.29, 0.717) is 26.4 Å². The second-order valence-corrected chi connectivity index (χ2v) is 6.41. The number of hydrogen-bond acceptors (Lipinski definition) is 6. The number of halogens is 1. The number of nitro groups is 1. The second-order valence-electron chi connectivity index (χ2n) is 5.40. The molecule has 9 heteroatoms. The van der Waals surface area contributed by atoms with Crippen LogP contribution in [0.3, 0.4) is 0 Å². The average Bonchev–Trinajstić information content (AvgIpc) is 3.16. The normalized spacial score (nSPS) is 12.0. The first-order valence-electron chi connectivity index (χ1n) is 7.43. The van der Waals surface area contributed by atoms with Gasteiger partial charge in [0.2, 0.25) is 4.96 Å². The smallest absolute Gasteiger partial charge is 0.266 e. The molecule has 0 spiro atoms. The maximum absolute atomic E-state index is 13.0. The van der Waals surface area contributed by atoms with Gasteiger partial charge in [0.25, 0.3) is 11.2 Å². The minimum Gasteiger partial charge on any atom is -0.266 e. The summed E-state index contributed by atoms with van der Waals surface area (Å²) < 4.78 is 14.5. The fourth-order valence-electron chi connectivity index (χ4n) is 2.43. The van der Waals surface area contributed by atoms with Gasteiger partial charge in [-0.05, 0) is 35.9 Å². The van der Waals surface area contributed by atoms with Crippen LogP contribution in [0.25, 0.3) is 22.4 Å². The number of non-ortho nitro benzene ring substituents is 1. The van der Waals surface area contributed by atoms with E-state index >= 15 is 0 Å². The lowest BCUT2D eigenvalue weighted by Crippen LogP contribution is -2.23. The Kier molecular flexibility index (Phi) is 3.77. The number of hydrogen-bond donors (Lipinski definition) is 0. The number of fused-ring (bicyclic) bond motifs is 1. The summed E-state index contributed by atoms with van der Waals surface area (Å²) in [6, 6.07) is 11.7. The molecule has 0 N–H and O–H groups in total. The van der Waals surface area contributed by atoms with Gasteiger partial charge < -0.3 is 0 Å². The summed E-state index contributed by atoms with van der Waals surface area (Å²) in [6.07, 6.45) is 1.56. The highest BCUT2D eigenvalue weighted by molar-refractivity contribution is 7.15. The van der Waals surface area contributed by atoms with Crippen LogP contribution >= 0.6 is 11.3 Å². The van der Waals surface area contributed by atoms with E-state index in [1.165, 1.54) is 40.9 Å². The Hall–Kier alpha value is -3.46. The molecule has 0 bridgehead atoms. The molecular formula is C17H9FN4O3S. The molecule has 0 amide bonds. The van der Waals surface area contributed by atoms with Crippen LogP contribution in [-0.2, 0) is 0 Å². The van der Waals surface area contributed by atoms with Crippen LogP contribution in [0.15, 0.2) is 53.3 Å². The van der Waals surface area contributed by atoms with E-state index in [4.69, 9.17) is 0 Å². The predicted molar refractivity (Wildman–Crippen MR) is 94.4 cm³/mol. The maximum atomic E-state index is 13.0. The Morgan fingerprint density at radius 2 is 1.96 bits per heavy atom. The topological polar surface area (TPSA) is 90.4 Å². The van der Waals surface area contributed by atoms with E-state index in [1.807, 2.05) is 0 Å². The number of benzene rings is 2. The summed E-state index contributed by atoms with van der Waals surface area (Å²) in [5, 5.41) is 15.0. The fourth-order valence-corrected chi connectivity index (χ4v) is 3.34. The molecule has 0 aliphatic rings. The molecule has 2 aromatic heterocycles. The lowest BCUT2D eigenvalue weighted by molar-refractivity contribution is -0.384. The monoisotopic (exact) mass is 368 g/mol. The van der Waals surface area contributed by atoms with Crippen LogP contribution in [-0.4, -0.2) is 19.5 Å². The summed E-state index contributed by atoms with van der Waals surface area (Å²) in [5.74, 6) is -0.0385. The number of rotatable bonds is 3. The largest absolute Gasteiger partial charge is 0.291 e. The van der Waals surface area contributed by atoms with E-state index in [9.17, 15) is 19.3 Å². The van der Waals surface area contributed by atoms with Crippen LogP contribution in [0, 0.1) is 15.9 Å². The molecule has 0 aliphatic heterocycles.